The van der Waals surface area contributed by atoms with E-state index >= 15 is 0 Å². The first-order valence-corrected chi connectivity index (χ1v) is 10.3. The van der Waals surface area contributed by atoms with Crippen LogP contribution in [-0.4, -0.2) is 41.4 Å². The van der Waals surface area contributed by atoms with Crippen molar-refractivity contribution in [1.82, 2.24) is 5.32 Å². The normalized spacial score (nSPS) is 12.8. The van der Waals surface area contributed by atoms with Crippen molar-refractivity contribution < 1.29 is 23.9 Å². The van der Waals surface area contributed by atoms with Crippen LogP contribution in [-0.2, 0) is 25.7 Å². The molecule has 1 atom stereocenters. The third-order valence-corrected chi connectivity index (χ3v) is 4.05. The van der Waals surface area contributed by atoms with E-state index in [2.05, 4.69) is 26.4 Å². The second kappa shape index (κ2) is 12.4. The number of rotatable bonds is 10. The molecule has 1 N–H and O–H groups in total. The van der Waals surface area contributed by atoms with Crippen molar-refractivity contribution in [3.8, 4) is 0 Å². The zero-order valence-electron chi connectivity index (χ0n) is 16.9. The summed E-state index contributed by atoms with van der Waals surface area (Å²) in [5.41, 5.74) is 1.07. The Balaban J connectivity index is 2.63. The van der Waals surface area contributed by atoms with Crippen LogP contribution in [0, 0.1) is 0 Å². The topological polar surface area (TPSA) is 86.2 Å². The Hall–Kier alpha value is -2.09. The van der Waals surface area contributed by atoms with Crippen molar-refractivity contribution in [2.24, 2.45) is 5.16 Å². The number of carbonyl (C=O) groups is 2. The van der Waals surface area contributed by atoms with Gasteiger partial charge in [0, 0.05) is 5.33 Å². The minimum atomic E-state index is -0.826. The van der Waals surface area contributed by atoms with Crippen LogP contribution in [0.4, 0.5) is 4.79 Å². The minimum Gasteiger partial charge on any atom is -0.464 e. The van der Waals surface area contributed by atoms with Crippen molar-refractivity contribution in [2.45, 2.75) is 58.8 Å². The number of alkyl carbamates (subject to hydrolysis) is 1. The van der Waals surface area contributed by atoms with Gasteiger partial charge in [0.2, 0.25) is 0 Å². The van der Waals surface area contributed by atoms with Gasteiger partial charge in [-0.1, -0.05) is 51.4 Å². The van der Waals surface area contributed by atoms with Gasteiger partial charge >= 0.3 is 12.1 Å². The molecule has 0 aliphatic carbocycles. The van der Waals surface area contributed by atoms with E-state index in [-0.39, 0.29) is 6.61 Å². The summed E-state index contributed by atoms with van der Waals surface area (Å²) in [5.74, 6) is -0.507. The number of esters is 1. The van der Waals surface area contributed by atoms with Gasteiger partial charge in [-0.2, -0.15) is 0 Å². The molecule has 0 spiro atoms. The van der Waals surface area contributed by atoms with Crippen LogP contribution in [0.5, 0.6) is 0 Å². The molecule has 0 aromatic heterocycles. The van der Waals surface area contributed by atoms with E-state index in [1.807, 2.05) is 30.3 Å². The molecule has 0 heterocycles. The molecule has 0 fully saturated rings. The maximum Gasteiger partial charge on any atom is 0.408 e. The van der Waals surface area contributed by atoms with Crippen LogP contribution < -0.4 is 5.32 Å². The molecule has 0 saturated carbocycles. The summed E-state index contributed by atoms with van der Waals surface area (Å²) in [7, 11) is 0. The maximum atomic E-state index is 12.2. The van der Waals surface area contributed by atoms with Gasteiger partial charge in [-0.15, -0.1) is 0 Å². The average molecular weight is 457 g/mol. The average Bonchev–Trinajstić information content (AvgIpc) is 2.62. The number of carbonyl (C=O) groups excluding carboxylic acids is 2. The highest BCUT2D eigenvalue weighted by Crippen LogP contribution is 2.10. The van der Waals surface area contributed by atoms with Crippen LogP contribution in [0.25, 0.3) is 0 Å². The summed E-state index contributed by atoms with van der Waals surface area (Å²) in [6, 6.07) is 8.87. The van der Waals surface area contributed by atoms with Gasteiger partial charge in [0.1, 0.15) is 18.2 Å². The third kappa shape index (κ3) is 10.3. The monoisotopic (exact) mass is 456 g/mol. The summed E-state index contributed by atoms with van der Waals surface area (Å²) >= 11 is 3.37. The molecule has 0 unspecified atom stereocenters. The van der Waals surface area contributed by atoms with E-state index in [1.165, 1.54) is 0 Å². The summed E-state index contributed by atoms with van der Waals surface area (Å²) in [4.78, 5) is 29.6. The third-order valence-electron chi connectivity index (χ3n) is 3.41. The zero-order valence-corrected chi connectivity index (χ0v) is 18.5. The number of amides is 1. The molecule has 1 aromatic rings. The van der Waals surface area contributed by atoms with Gasteiger partial charge in [-0.05, 0) is 46.1 Å². The van der Waals surface area contributed by atoms with E-state index in [0.717, 1.165) is 11.3 Å². The van der Waals surface area contributed by atoms with Crippen molar-refractivity contribution in [3.63, 3.8) is 0 Å². The molecular formula is C20H29BrN2O5. The first kappa shape index (κ1) is 23.9. The van der Waals surface area contributed by atoms with Crippen LogP contribution >= 0.6 is 15.9 Å². The van der Waals surface area contributed by atoms with E-state index < -0.39 is 23.7 Å². The standard InChI is InChI=1S/C20H29BrN2O5/c1-5-26-18(24)17(22-19(25)28-20(2,3)4)12-11-16(13-21)23-27-14-15-9-7-6-8-10-15/h6-10,17H,5,11-14H2,1-4H3,(H,22,25)/t17-/m0/s1. The fraction of sp³-hybridized carbons (Fsp3) is 0.550. The first-order valence-electron chi connectivity index (χ1n) is 9.19. The molecule has 7 nitrogen and oxygen atoms in total. The van der Waals surface area contributed by atoms with Crippen molar-refractivity contribution in [3.05, 3.63) is 35.9 Å². The Morgan fingerprint density at radius 1 is 1.21 bits per heavy atom. The lowest BCUT2D eigenvalue weighted by Crippen LogP contribution is -2.44. The molecule has 156 valence electrons. The number of alkyl halides is 1. The van der Waals surface area contributed by atoms with E-state index in [4.69, 9.17) is 14.3 Å². The van der Waals surface area contributed by atoms with Gasteiger partial charge in [-0.3, -0.25) is 0 Å². The molecule has 8 heteroatoms. The largest absolute Gasteiger partial charge is 0.464 e. The Morgan fingerprint density at radius 2 is 1.89 bits per heavy atom. The van der Waals surface area contributed by atoms with Gasteiger partial charge < -0.3 is 19.6 Å². The van der Waals surface area contributed by atoms with Crippen LogP contribution in [0.15, 0.2) is 35.5 Å². The number of benzene rings is 1. The van der Waals surface area contributed by atoms with E-state index in [9.17, 15) is 9.59 Å². The second-order valence-corrected chi connectivity index (χ2v) is 7.60. The molecule has 0 bridgehead atoms. The maximum absolute atomic E-state index is 12.2. The number of hydrogen-bond acceptors (Lipinski definition) is 6. The summed E-state index contributed by atoms with van der Waals surface area (Å²) in [5, 5.41) is 7.19. The van der Waals surface area contributed by atoms with Crippen LogP contribution in [0.3, 0.4) is 0 Å². The highest BCUT2D eigenvalue weighted by atomic mass is 79.9. The SMILES string of the molecule is CCOC(=O)[C@H](CCC(CBr)=NOCc1ccccc1)NC(=O)OC(C)(C)C. The number of oxime groups is 1. The summed E-state index contributed by atoms with van der Waals surface area (Å²) < 4.78 is 10.3. The predicted molar refractivity (Wildman–Crippen MR) is 111 cm³/mol. The molecule has 0 aliphatic heterocycles. The van der Waals surface area contributed by atoms with Gasteiger partial charge in [0.15, 0.2) is 0 Å². The molecule has 28 heavy (non-hydrogen) atoms. The number of ether oxygens (including phenoxy) is 2. The molecule has 1 amide bonds. The molecule has 1 rings (SSSR count). The van der Waals surface area contributed by atoms with Gasteiger partial charge in [0.05, 0.1) is 12.3 Å². The molecule has 1 aromatic carbocycles. The lowest BCUT2D eigenvalue weighted by molar-refractivity contribution is -0.145. The first-order chi connectivity index (χ1) is 13.2. The lowest BCUT2D eigenvalue weighted by Gasteiger charge is -2.22. The minimum absolute atomic E-state index is 0.227. The zero-order chi connectivity index (χ0) is 21.0. The number of nitrogens with one attached hydrogen (secondary N) is 1. The lowest BCUT2D eigenvalue weighted by atomic mass is 10.1. The fourth-order valence-electron chi connectivity index (χ4n) is 2.16. The Labute approximate surface area is 174 Å². The van der Waals surface area contributed by atoms with Gasteiger partial charge in [0.25, 0.3) is 0 Å². The number of nitrogens with zero attached hydrogens (tertiary/aromatic N) is 1. The number of hydrogen-bond donors (Lipinski definition) is 1. The fourth-order valence-corrected chi connectivity index (χ4v) is 2.54. The second-order valence-electron chi connectivity index (χ2n) is 7.04. The molecular weight excluding hydrogens is 428 g/mol. The number of halogens is 1. The van der Waals surface area contributed by atoms with Crippen molar-refractivity contribution in [1.29, 1.82) is 0 Å². The predicted octanol–water partition coefficient (Wildman–Crippen LogP) is 4.19. The molecule has 0 radical (unpaired) electrons. The molecule has 0 aliphatic rings. The molecule has 0 saturated heterocycles. The van der Waals surface area contributed by atoms with Crippen molar-refractivity contribution in [2.75, 3.05) is 11.9 Å². The Kier molecular flexibility index (Phi) is 10.6. The summed E-state index contributed by atoms with van der Waals surface area (Å²) in [6.07, 6.45) is 0.0967. The van der Waals surface area contributed by atoms with Crippen LogP contribution in [0.1, 0.15) is 46.1 Å². The Morgan fingerprint density at radius 3 is 2.46 bits per heavy atom. The van der Waals surface area contributed by atoms with E-state index in [1.54, 1.807) is 27.7 Å². The summed E-state index contributed by atoms with van der Waals surface area (Å²) in [6.45, 7) is 7.56. The highest BCUT2D eigenvalue weighted by Gasteiger charge is 2.25. The quantitative estimate of drug-likeness (QED) is 0.247. The Bertz CT molecular complexity index is 644. The van der Waals surface area contributed by atoms with E-state index in [0.29, 0.717) is 24.8 Å². The van der Waals surface area contributed by atoms with Crippen molar-refractivity contribution >= 4 is 33.7 Å². The van der Waals surface area contributed by atoms with Gasteiger partial charge in [-0.25, -0.2) is 9.59 Å². The van der Waals surface area contributed by atoms with Crippen LogP contribution in [0.2, 0.25) is 0 Å². The highest BCUT2D eigenvalue weighted by molar-refractivity contribution is 9.09. The smallest absolute Gasteiger partial charge is 0.408 e.